The smallest absolute Gasteiger partial charge is 0.193 e. The van der Waals surface area contributed by atoms with E-state index >= 15 is 0 Å². The molecule has 1 atom stereocenters. The fourth-order valence-corrected chi connectivity index (χ4v) is 3.55. The highest BCUT2D eigenvalue weighted by molar-refractivity contribution is 14.0. The van der Waals surface area contributed by atoms with Crippen LogP contribution in [0.3, 0.4) is 0 Å². The minimum absolute atomic E-state index is 0. The monoisotopic (exact) mass is 466 g/mol. The van der Waals surface area contributed by atoms with Crippen LogP contribution in [0, 0.1) is 5.41 Å². The lowest BCUT2D eigenvalue weighted by Crippen LogP contribution is -2.46. The van der Waals surface area contributed by atoms with Crippen molar-refractivity contribution in [2.45, 2.75) is 59.4 Å². The zero-order valence-corrected chi connectivity index (χ0v) is 19.1. The van der Waals surface area contributed by atoms with E-state index in [1.807, 2.05) is 0 Å². The van der Waals surface area contributed by atoms with Gasteiger partial charge in [0.1, 0.15) is 0 Å². The Kier molecular flexibility index (Phi) is 10.6. The fourth-order valence-electron chi connectivity index (χ4n) is 3.55. The lowest BCUT2D eigenvalue weighted by atomic mass is 9.90. The van der Waals surface area contributed by atoms with Gasteiger partial charge in [0.25, 0.3) is 0 Å². The average molecular weight is 466 g/mol. The number of aliphatic imine (C=N–C) groups is 1. The van der Waals surface area contributed by atoms with Crippen LogP contribution >= 0.6 is 24.0 Å². The minimum atomic E-state index is 0. The molecule has 1 N–H and O–H groups in total. The molecule has 2 fully saturated rings. The van der Waals surface area contributed by atoms with Crippen LogP contribution in [0.1, 0.15) is 53.4 Å². The van der Waals surface area contributed by atoms with Crippen molar-refractivity contribution >= 4 is 29.9 Å². The van der Waals surface area contributed by atoms with E-state index in [0.29, 0.717) is 11.5 Å². The van der Waals surface area contributed by atoms with Gasteiger partial charge in [0.05, 0.1) is 13.2 Å². The van der Waals surface area contributed by atoms with Gasteiger partial charge in [0, 0.05) is 45.3 Å². The number of halogens is 1. The standard InChI is InChI=1S/C19H38N4O.HI/c1-5-20-18(21-10-7-6-9-19(2,3)4)23-11-8-17(16-23)22-12-14-24-15-13-22;/h17H,5-16H2,1-4H3,(H,20,21);1H. The largest absolute Gasteiger partial charge is 0.379 e. The molecular weight excluding hydrogens is 427 g/mol. The second-order valence-corrected chi connectivity index (χ2v) is 8.29. The van der Waals surface area contributed by atoms with Gasteiger partial charge in [-0.05, 0) is 31.6 Å². The number of likely N-dealkylation sites (tertiary alicyclic amines) is 1. The summed E-state index contributed by atoms with van der Waals surface area (Å²) in [6.07, 6.45) is 4.98. The summed E-state index contributed by atoms with van der Waals surface area (Å²) in [7, 11) is 0. The van der Waals surface area contributed by atoms with Crippen LogP contribution in [-0.4, -0.2) is 74.3 Å². The molecule has 0 aromatic rings. The Morgan fingerprint density at radius 3 is 2.52 bits per heavy atom. The number of hydrogen-bond acceptors (Lipinski definition) is 3. The second-order valence-electron chi connectivity index (χ2n) is 8.29. The van der Waals surface area contributed by atoms with Crippen LogP contribution in [-0.2, 0) is 4.74 Å². The minimum Gasteiger partial charge on any atom is -0.379 e. The maximum absolute atomic E-state index is 5.48. The molecular formula is C19H39IN4O. The van der Waals surface area contributed by atoms with Crippen molar-refractivity contribution < 1.29 is 4.74 Å². The highest BCUT2D eigenvalue weighted by Crippen LogP contribution is 2.21. The van der Waals surface area contributed by atoms with E-state index in [1.54, 1.807) is 0 Å². The first-order chi connectivity index (χ1) is 11.5. The lowest BCUT2D eigenvalue weighted by Gasteiger charge is -2.32. The molecule has 25 heavy (non-hydrogen) atoms. The van der Waals surface area contributed by atoms with Crippen LogP contribution in [0.25, 0.3) is 0 Å². The molecule has 5 nitrogen and oxygen atoms in total. The molecule has 0 aromatic carbocycles. The van der Waals surface area contributed by atoms with Crippen molar-refractivity contribution in [2.75, 3.05) is 52.5 Å². The van der Waals surface area contributed by atoms with Gasteiger partial charge in [-0.1, -0.05) is 27.2 Å². The van der Waals surface area contributed by atoms with Gasteiger partial charge >= 0.3 is 0 Å². The summed E-state index contributed by atoms with van der Waals surface area (Å²) in [5.74, 6) is 1.11. The Bertz CT molecular complexity index is 391. The number of nitrogens with one attached hydrogen (secondary N) is 1. The van der Waals surface area contributed by atoms with Crippen molar-refractivity contribution in [3.8, 4) is 0 Å². The van der Waals surface area contributed by atoms with Crippen molar-refractivity contribution in [3.05, 3.63) is 0 Å². The van der Waals surface area contributed by atoms with E-state index in [0.717, 1.165) is 58.4 Å². The SMILES string of the molecule is CCNC(=NCCCCC(C)(C)C)N1CCC(N2CCOCC2)C1.I. The van der Waals surface area contributed by atoms with E-state index in [9.17, 15) is 0 Å². The number of hydrogen-bond donors (Lipinski definition) is 1. The molecule has 0 saturated carbocycles. The number of morpholine rings is 1. The third kappa shape index (κ3) is 8.43. The van der Waals surface area contributed by atoms with E-state index < -0.39 is 0 Å². The van der Waals surface area contributed by atoms with Gasteiger partial charge < -0.3 is 15.0 Å². The summed E-state index contributed by atoms with van der Waals surface area (Å²) in [5, 5.41) is 3.49. The number of ether oxygens (including phenoxy) is 1. The molecule has 0 radical (unpaired) electrons. The molecule has 0 amide bonds. The van der Waals surface area contributed by atoms with E-state index in [4.69, 9.17) is 9.73 Å². The lowest BCUT2D eigenvalue weighted by molar-refractivity contribution is 0.0195. The molecule has 148 valence electrons. The van der Waals surface area contributed by atoms with Crippen molar-refractivity contribution in [1.82, 2.24) is 15.1 Å². The molecule has 0 spiro atoms. The molecule has 2 heterocycles. The summed E-state index contributed by atoms with van der Waals surface area (Å²) in [6.45, 7) is 17.2. The molecule has 0 aromatic heterocycles. The predicted octanol–water partition coefficient (Wildman–Crippen LogP) is 3.19. The number of rotatable bonds is 6. The van der Waals surface area contributed by atoms with Crippen LogP contribution < -0.4 is 5.32 Å². The van der Waals surface area contributed by atoms with Crippen molar-refractivity contribution in [1.29, 1.82) is 0 Å². The first kappa shape index (κ1) is 23.0. The molecule has 2 rings (SSSR count). The molecule has 2 aliphatic heterocycles. The van der Waals surface area contributed by atoms with Crippen LogP contribution in [0.15, 0.2) is 4.99 Å². The number of nitrogens with zero attached hydrogens (tertiary/aromatic N) is 3. The Morgan fingerprint density at radius 2 is 1.88 bits per heavy atom. The molecule has 0 aliphatic carbocycles. The highest BCUT2D eigenvalue weighted by Gasteiger charge is 2.30. The maximum atomic E-state index is 5.48. The van der Waals surface area contributed by atoms with Gasteiger partial charge in [-0.3, -0.25) is 9.89 Å². The highest BCUT2D eigenvalue weighted by atomic mass is 127. The first-order valence-electron chi connectivity index (χ1n) is 9.84. The Hall–Kier alpha value is -0.0800. The van der Waals surface area contributed by atoms with Crippen LogP contribution in [0.2, 0.25) is 0 Å². The van der Waals surface area contributed by atoms with Crippen LogP contribution in [0.4, 0.5) is 0 Å². The molecule has 6 heteroatoms. The average Bonchev–Trinajstić information content (AvgIpc) is 3.03. The topological polar surface area (TPSA) is 40.1 Å². The Morgan fingerprint density at radius 1 is 1.16 bits per heavy atom. The summed E-state index contributed by atoms with van der Waals surface area (Å²) in [4.78, 5) is 9.93. The van der Waals surface area contributed by atoms with Crippen molar-refractivity contribution in [2.24, 2.45) is 10.4 Å². The summed E-state index contributed by atoms with van der Waals surface area (Å²) in [5.41, 5.74) is 0.439. The first-order valence-corrected chi connectivity index (χ1v) is 9.84. The fraction of sp³-hybridized carbons (Fsp3) is 0.947. The maximum Gasteiger partial charge on any atom is 0.193 e. The predicted molar refractivity (Wildman–Crippen MR) is 117 cm³/mol. The molecule has 2 saturated heterocycles. The normalized spacial score (nSPS) is 22.8. The van der Waals surface area contributed by atoms with Gasteiger partial charge in [-0.2, -0.15) is 0 Å². The van der Waals surface area contributed by atoms with Gasteiger partial charge in [-0.25, -0.2) is 0 Å². The number of unbranched alkanes of at least 4 members (excludes halogenated alkanes) is 1. The Labute approximate surface area is 172 Å². The summed E-state index contributed by atoms with van der Waals surface area (Å²) in [6, 6.07) is 0.665. The zero-order chi connectivity index (χ0) is 17.4. The molecule has 2 aliphatic rings. The van der Waals surface area contributed by atoms with Gasteiger partial charge in [0.2, 0.25) is 0 Å². The third-order valence-corrected chi connectivity index (χ3v) is 4.96. The van der Waals surface area contributed by atoms with Gasteiger partial charge in [0.15, 0.2) is 5.96 Å². The second kappa shape index (κ2) is 11.6. The number of guanidine groups is 1. The zero-order valence-electron chi connectivity index (χ0n) is 16.7. The quantitative estimate of drug-likeness (QED) is 0.283. The van der Waals surface area contributed by atoms with Crippen molar-refractivity contribution in [3.63, 3.8) is 0 Å². The summed E-state index contributed by atoms with van der Waals surface area (Å²) >= 11 is 0. The molecule has 1 unspecified atom stereocenters. The third-order valence-electron chi connectivity index (χ3n) is 4.96. The van der Waals surface area contributed by atoms with E-state index in [1.165, 1.54) is 25.7 Å². The molecule has 0 bridgehead atoms. The Balaban J connectivity index is 0.00000312. The van der Waals surface area contributed by atoms with Gasteiger partial charge in [-0.15, -0.1) is 24.0 Å². The van der Waals surface area contributed by atoms with E-state index in [2.05, 4.69) is 42.8 Å². The van der Waals surface area contributed by atoms with E-state index in [-0.39, 0.29) is 24.0 Å². The van der Waals surface area contributed by atoms with Crippen LogP contribution in [0.5, 0.6) is 0 Å². The summed E-state index contributed by atoms with van der Waals surface area (Å²) < 4.78 is 5.48.